The summed E-state index contributed by atoms with van der Waals surface area (Å²) in [5.74, 6) is 2.53. The molecular formula is C18H23N9. The molecule has 0 spiro atoms. The predicted molar refractivity (Wildman–Crippen MR) is 103 cm³/mol. The minimum Gasteiger partial charge on any atom is -0.368 e. The third-order valence-electron chi connectivity index (χ3n) is 4.28. The van der Waals surface area contributed by atoms with E-state index in [2.05, 4.69) is 65.2 Å². The van der Waals surface area contributed by atoms with Crippen molar-refractivity contribution in [1.82, 2.24) is 29.7 Å². The Morgan fingerprint density at radius 3 is 2.81 bits per heavy atom. The van der Waals surface area contributed by atoms with Crippen molar-refractivity contribution in [3.05, 3.63) is 48.4 Å². The standard InChI is InChI=1S/C18H23N9/c1-13(2)24-16-8-18(23-12-22-16)26-5-6-27-15(11-26)7-14(25-27)9-21-17-10-19-3-4-20-17/h3-4,7-8,10,12-13H,5-6,9,11H2,1-2H3,(H,20,21)(H,22,23,24). The average molecular weight is 365 g/mol. The van der Waals surface area contributed by atoms with Crippen LogP contribution < -0.4 is 15.5 Å². The first-order chi connectivity index (χ1) is 13.2. The molecular weight excluding hydrogens is 342 g/mol. The highest BCUT2D eigenvalue weighted by molar-refractivity contribution is 5.49. The molecule has 9 heteroatoms. The number of anilines is 3. The lowest BCUT2D eigenvalue weighted by molar-refractivity contribution is 0.514. The van der Waals surface area contributed by atoms with E-state index in [0.29, 0.717) is 12.6 Å². The van der Waals surface area contributed by atoms with Crippen molar-refractivity contribution in [2.24, 2.45) is 0 Å². The van der Waals surface area contributed by atoms with Crippen LogP contribution in [0.2, 0.25) is 0 Å². The van der Waals surface area contributed by atoms with Gasteiger partial charge < -0.3 is 15.5 Å². The number of nitrogens with zero attached hydrogens (tertiary/aromatic N) is 7. The summed E-state index contributed by atoms with van der Waals surface area (Å²) >= 11 is 0. The number of aromatic nitrogens is 6. The first-order valence-corrected chi connectivity index (χ1v) is 9.06. The van der Waals surface area contributed by atoms with Gasteiger partial charge in [-0.3, -0.25) is 9.67 Å². The van der Waals surface area contributed by atoms with E-state index in [0.717, 1.165) is 42.8 Å². The molecule has 1 aliphatic heterocycles. The fraction of sp³-hybridized carbons (Fsp3) is 0.389. The lowest BCUT2D eigenvalue weighted by atomic mass is 10.2. The van der Waals surface area contributed by atoms with Crippen LogP contribution in [0.1, 0.15) is 25.2 Å². The van der Waals surface area contributed by atoms with Crippen molar-refractivity contribution in [2.45, 2.75) is 39.5 Å². The summed E-state index contributed by atoms with van der Waals surface area (Å²) in [6, 6.07) is 4.46. The molecule has 0 aliphatic carbocycles. The highest BCUT2D eigenvalue weighted by Gasteiger charge is 2.20. The van der Waals surface area contributed by atoms with E-state index < -0.39 is 0 Å². The van der Waals surface area contributed by atoms with Gasteiger partial charge in [0, 0.05) is 31.0 Å². The second kappa shape index (κ2) is 7.56. The Morgan fingerprint density at radius 2 is 2.00 bits per heavy atom. The lowest BCUT2D eigenvalue weighted by Gasteiger charge is -2.28. The van der Waals surface area contributed by atoms with Crippen LogP contribution in [0.3, 0.4) is 0 Å². The molecule has 0 saturated carbocycles. The molecule has 27 heavy (non-hydrogen) atoms. The number of fused-ring (bicyclic) bond motifs is 1. The smallest absolute Gasteiger partial charge is 0.144 e. The SMILES string of the molecule is CC(C)Nc1cc(N2CCn3nc(CNc4cnccn4)cc3C2)ncn1. The largest absolute Gasteiger partial charge is 0.368 e. The maximum atomic E-state index is 4.69. The van der Waals surface area contributed by atoms with Crippen molar-refractivity contribution in [3.63, 3.8) is 0 Å². The van der Waals surface area contributed by atoms with Crippen LogP contribution in [0.4, 0.5) is 17.5 Å². The monoisotopic (exact) mass is 365 g/mol. The average Bonchev–Trinajstić information content (AvgIpc) is 3.09. The molecule has 0 atom stereocenters. The molecule has 0 unspecified atom stereocenters. The first kappa shape index (κ1) is 17.2. The molecule has 140 valence electrons. The Morgan fingerprint density at radius 1 is 1.07 bits per heavy atom. The summed E-state index contributed by atoms with van der Waals surface area (Å²) in [7, 11) is 0. The van der Waals surface area contributed by atoms with Gasteiger partial charge in [0.15, 0.2) is 0 Å². The van der Waals surface area contributed by atoms with E-state index in [-0.39, 0.29) is 0 Å². The quantitative estimate of drug-likeness (QED) is 0.684. The minimum absolute atomic E-state index is 0.333. The summed E-state index contributed by atoms with van der Waals surface area (Å²) < 4.78 is 2.07. The lowest BCUT2D eigenvalue weighted by Crippen LogP contribution is -2.34. The van der Waals surface area contributed by atoms with Crippen LogP contribution in [0.25, 0.3) is 0 Å². The van der Waals surface area contributed by atoms with Gasteiger partial charge in [-0.2, -0.15) is 5.10 Å². The van der Waals surface area contributed by atoms with Crippen molar-refractivity contribution < 1.29 is 0 Å². The summed E-state index contributed by atoms with van der Waals surface area (Å²) in [6.45, 7) is 7.28. The molecule has 3 aromatic rings. The molecule has 0 radical (unpaired) electrons. The molecule has 0 fully saturated rings. The van der Waals surface area contributed by atoms with Gasteiger partial charge in [0.25, 0.3) is 0 Å². The van der Waals surface area contributed by atoms with Crippen LogP contribution in [0, 0.1) is 0 Å². The van der Waals surface area contributed by atoms with Gasteiger partial charge >= 0.3 is 0 Å². The molecule has 1 aliphatic rings. The fourth-order valence-corrected chi connectivity index (χ4v) is 3.07. The summed E-state index contributed by atoms with van der Waals surface area (Å²) in [5, 5.41) is 11.3. The second-order valence-electron chi connectivity index (χ2n) is 6.78. The third-order valence-corrected chi connectivity index (χ3v) is 4.28. The van der Waals surface area contributed by atoms with Crippen molar-refractivity contribution >= 4 is 17.5 Å². The van der Waals surface area contributed by atoms with Crippen molar-refractivity contribution in [2.75, 3.05) is 22.1 Å². The highest BCUT2D eigenvalue weighted by atomic mass is 15.4. The number of hydrogen-bond acceptors (Lipinski definition) is 8. The van der Waals surface area contributed by atoms with Gasteiger partial charge in [0.2, 0.25) is 0 Å². The van der Waals surface area contributed by atoms with Gasteiger partial charge in [-0.05, 0) is 19.9 Å². The normalized spacial score (nSPS) is 13.5. The maximum Gasteiger partial charge on any atom is 0.144 e. The zero-order chi connectivity index (χ0) is 18.6. The maximum absolute atomic E-state index is 4.69. The fourth-order valence-electron chi connectivity index (χ4n) is 3.07. The Labute approximate surface area is 157 Å². The zero-order valence-corrected chi connectivity index (χ0v) is 15.5. The zero-order valence-electron chi connectivity index (χ0n) is 15.5. The molecule has 4 heterocycles. The minimum atomic E-state index is 0.333. The van der Waals surface area contributed by atoms with E-state index in [4.69, 9.17) is 0 Å². The van der Waals surface area contributed by atoms with E-state index in [9.17, 15) is 0 Å². The van der Waals surface area contributed by atoms with E-state index in [1.807, 2.05) is 6.07 Å². The van der Waals surface area contributed by atoms with Gasteiger partial charge in [0.05, 0.1) is 37.2 Å². The third kappa shape index (κ3) is 4.13. The Bertz CT molecular complexity index is 891. The molecule has 0 amide bonds. The first-order valence-electron chi connectivity index (χ1n) is 9.06. The van der Waals surface area contributed by atoms with Crippen molar-refractivity contribution in [1.29, 1.82) is 0 Å². The Hall–Kier alpha value is -3.23. The topological polar surface area (TPSA) is 96.7 Å². The van der Waals surface area contributed by atoms with Gasteiger partial charge in [0.1, 0.15) is 23.8 Å². The molecule has 4 rings (SSSR count). The van der Waals surface area contributed by atoms with Crippen molar-refractivity contribution in [3.8, 4) is 0 Å². The van der Waals surface area contributed by atoms with E-state index >= 15 is 0 Å². The number of nitrogens with one attached hydrogen (secondary N) is 2. The van der Waals surface area contributed by atoms with Gasteiger partial charge in [-0.15, -0.1) is 0 Å². The summed E-state index contributed by atoms with van der Waals surface area (Å²) in [6.07, 6.45) is 6.64. The molecule has 0 aromatic carbocycles. The molecule has 0 bridgehead atoms. The number of hydrogen-bond donors (Lipinski definition) is 2. The van der Waals surface area contributed by atoms with Crippen LogP contribution >= 0.6 is 0 Å². The van der Waals surface area contributed by atoms with E-state index in [1.165, 1.54) is 5.69 Å². The van der Waals surface area contributed by atoms with Crippen LogP contribution in [0.15, 0.2) is 37.1 Å². The van der Waals surface area contributed by atoms with Gasteiger partial charge in [-0.1, -0.05) is 0 Å². The molecule has 9 nitrogen and oxygen atoms in total. The predicted octanol–water partition coefficient (Wildman–Crippen LogP) is 1.92. The Balaban J connectivity index is 1.43. The van der Waals surface area contributed by atoms with Crippen LogP contribution in [-0.4, -0.2) is 42.3 Å². The second-order valence-corrected chi connectivity index (χ2v) is 6.78. The number of rotatable bonds is 6. The van der Waals surface area contributed by atoms with E-state index in [1.54, 1.807) is 24.9 Å². The Kier molecular flexibility index (Phi) is 4.82. The highest BCUT2D eigenvalue weighted by Crippen LogP contribution is 2.21. The van der Waals surface area contributed by atoms with Crippen LogP contribution in [0.5, 0.6) is 0 Å². The van der Waals surface area contributed by atoms with Gasteiger partial charge in [-0.25, -0.2) is 15.0 Å². The molecule has 0 saturated heterocycles. The molecule has 3 aromatic heterocycles. The summed E-state index contributed by atoms with van der Waals surface area (Å²) in [4.78, 5) is 19.3. The van der Waals surface area contributed by atoms with Crippen LogP contribution in [-0.2, 0) is 19.6 Å². The molecule has 2 N–H and O–H groups in total. The summed E-state index contributed by atoms with van der Waals surface area (Å²) in [5.41, 5.74) is 2.16.